The third-order valence-electron chi connectivity index (χ3n) is 3.44. The molecule has 1 aliphatic carbocycles. The number of benzene rings is 1. The van der Waals surface area contributed by atoms with Gasteiger partial charge in [-0.1, -0.05) is 28.6 Å². The Balaban J connectivity index is 1.50. The zero-order chi connectivity index (χ0) is 15.8. The average Bonchev–Trinajstić information content (AvgIpc) is 3.09. The fourth-order valence-corrected chi connectivity index (χ4v) is 3.01. The van der Waals surface area contributed by atoms with Crippen molar-refractivity contribution in [3.8, 4) is 11.3 Å². The Hall–Kier alpha value is -2.61. The topological polar surface area (TPSA) is 80.9 Å². The molecule has 1 amide bonds. The summed E-state index contributed by atoms with van der Waals surface area (Å²) in [5.74, 6) is -0.313. The highest BCUT2D eigenvalue weighted by molar-refractivity contribution is 7.15. The molecule has 0 atom stereocenters. The molecule has 1 fully saturated rings. The van der Waals surface area contributed by atoms with E-state index in [2.05, 4.69) is 20.7 Å². The molecular weight excluding hydrogens is 319 g/mol. The third-order valence-corrected chi connectivity index (χ3v) is 4.44. The normalized spacial score (nSPS) is 14.0. The number of hydrogen-bond acceptors (Lipinski definition) is 6. The van der Waals surface area contributed by atoms with Gasteiger partial charge in [-0.25, -0.2) is 4.39 Å². The van der Waals surface area contributed by atoms with E-state index in [4.69, 9.17) is 4.52 Å². The first-order chi connectivity index (χ1) is 11.2. The van der Waals surface area contributed by atoms with E-state index in [0.29, 0.717) is 22.3 Å². The lowest BCUT2D eigenvalue weighted by atomic mass is 10.1. The smallest absolute Gasteiger partial charge is 0.296 e. The van der Waals surface area contributed by atoms with E-state index in [9.17, 15) is 9.18 Å². The SMILES string of the molecule is O=C(Nc1nnc(C2CC2)s1)c1cc(-c2cccc(F)c2)no1. The fraction of sp³-hybridized carbons (Fsp3) is 0.200. The number of rotatable bonds is 4. The molecule has 1 saturated carbocycles. The number of nitrogens with one attached hydrogen (secondary N) is 1. The van der Waals surface area contributed by atoms with Crippen molar-refractivity contribution >= 4 is 22.4 Å². The van der Waals surface area contributed by atoms with Crippen LogP contribution in [0.5, 0.6) is 0 Å². The van der Waals surface area contributed by atoms with Crippen molar-refractivity contribution in [2.75, 3.05) is 5.32 Å². The van der Waals surface area contributed by atoms with Gasteiger partial charge < -0.3 is 4.52 Å². The van der Waals surface area contributed by atoms with Crippen molar-refractivity contribution in [3.63, 3.8) is 0 Å². The van der Waals surface area contributed by atoms with Gasteiger partial charge in [-0.05, 0) is 25.0 Å². The Morgan fingerprint density at radius 2 is 2.17 bits per heavy atom. The van der Waals surface area contributed by atoms with Gasteiger partial charge in [-0.2, -0.15) is 0 Å². The van der Waals surface area contributed by atoms with Crippen LogP contribution in [-0.2, 0) is 0 Å². The number of amides is 1. The van der Waals surface area contributed by atoms with Crippen LogP contribution in [0.15, 0.2) is 34.9 Å². The molecule has 0 aliphatic heterocycles. The molecule has 8 heteroatoms. The highest BCUT2D eigenvalue weighted by Crippen LogP contribution is 2.42. The molecule has 1 aromatic carbocycles. The molecule has 6 nitrogen and oxygen atoms in total. The van der Waals surface area contributed by atoms with Gasteiger partial charge in [0, 0.05) is 17.5 Å². The Morgan fingerprint density at radius 3 is 2.96 bits per heavy atom. The summed E-state index contributed by atoms with van der Waals surface area (Å²) in [4.78, 5) is 12.1. The Morgan fingerprint density at radius 1 is 1.30 bits per heavy atom. The molecule has 2 aromatic heterocycles. The van der Waals surface area contributed by atoms with Gasteiger partial charge in [0.15, 0.2) is 0 Å². The van der Waals surface area contributed by atoms with Crippen molar-refractivity contribution in [1.29, 1.82) is 0 Å². The minimum atomic E-state index is -0.460. The van der Waals surface area contributed by atoms with Gasteiger partial charge in [0.25, 0.3) is 5.91 Å². The van der Waals surface area contributed by atoms with Gasteiger partial charge in [-0.3, -0.25) is 10.1 Å². The lowest BCUT2D eigenvalue weighted by Gasteiger charge is -1.95. The number of aromatic nitrogens is 3. The maximum absolute atomic E-state index is 13.2. The number of nitrogens with zero attached hydrogens (tertiary/aromatic N) is 3. The van der Waals surface area contributed by atoms with Crippen molar-refractivity contribution in [3.05, 3.63) is 46.9 Å². The van der Waals surface area contributed by atoms with Crippen LogP contribution in [0.25, 0.3) is 11.3 Å². The molecule has 3 aromatic rings. The van der Waals surface area contributed by atoms with Gasteiger partial charge in [0.2, 0.25) is 10.9 Å². The van der Waals surface area contributed by atoms with Gasteiger partial charge >= 0.3 is 0 Å². The summed E-state index contributed by atoms with van der Waals surface area (Å²) in [6.45, 7) is 0. The standard InChI is InChI=1S/C15H11FN4O2S/c16-10-3-1-2-9(6-10)11-7-12(22-20-11)13(21)17-15-19-18-14(23-15)8-4-5-8/h1-3,6-8H,4-5H2,(H,17,19,21). The lowest BCUT2D eigenvalue weighted by Crippen LogP contribution is -2.10. The molecule has 23 heavy (non-hydrogen) atoms. The maximum atomic E-state index is 13.2. The summed E-state index contributed by atoms with van der Waals surface area (Å²) in [7, 11) is 0. The number of anilines is 1. The molecule has 1 aliphatic rings. The van der Waals surface area contributed by atoms with Gasteiger partial charge in [-0.15, -0.1) is 10.2 Å². The molecule has 1 N–H and O–H groups in total. The van der Waals surface area contributed by atoms with Crippen LogP contribution in [0, 0.1) is 5.82 Å². The Kier molecular flexibility index (Phi) is 3.38. The second kappa shape index (κ2) is 5.54. The van der Waals surface area contributed by atoms with Crippen LogP contribution in [0.2, 0.25) is 0 Å². The van der Waals surface area contributed by atoms with Crippen molar-refractivity contribution in [1.82, 2.24) is 15.4 Å². The predicted molar refractivity (Wildman–Crippen MR) is 81.7 cm³/mol. The summed E-state index contributed by atoms with van der Waals surface area (Å²) >= 11 is 1.37. The second-order valence-electron chi connectivity index (χ2n) is 5.26. The highest BCUT2D eigenvalue weighted by atomic mass is 32.1. The molecule has 116 valence electrons. The second-order valence-corrected chi connectivity index (χ2v) is 6.27. The van der Waals surface area contributed by atoms with Gasteiger partial charge in [0.1, 0.15) is 16.5 Å². The van der Waals surface area contributed by atoms with Crippen LogP contribution < -0.4 is 5.32 Å². The Bertz CT molecular complexity index is 872. The quantitative estimate of drug-likeness (QED) is 0.792. The number of carbonyl (C=O) groups excluding carboxylic acids is 1. The Labute approximate surface area is 134 Å². The van der Waals surface area contributed by atoms with Crippen molar-refractivity contribution < 1.29 is 13.7 Å². The number of halogens is 1. The average molecular weight is 330 g/mol. The number of hydrogen-bond donors (Lipinski definition) is 1. The molecule has 0 bridgehead atoms. The first-order valence-electron chi connectivity index (χ1n) is 7.06. The van der Waals surface area contributed by atoms with E-state index in [1.165, 1.54) is 29.5 Å². The first-order valence-corrected chi connectivity index (χ1v) is 7.88. The first kappa shape index (κ1) is 14.0. The fourth-order valence-electron chi connectivity index (χ4n) is 2.11. The summed E-state index contributed by atoms with van der Waals surface area (Å²) in [5.41, 5.74) is 0.935. The van der Waals surface area contributed by atoms with Crippen LogP contribution in [0.3, 0.4) is 0 Å². The maximum Gasteiger partial charge on any atom is 0.296 e. The van der Waals surface area contributed by atoms with E-state index < -0.39 is 5.91 Å². The van der Waals surface area contributed by atoms with Crippen LogP contribution in [0.4, 0.5) is 9.52 Å². The zero-order valence-corrected chi connectivity index (χ0v) is 12.6. The number of carbonyl (C=O) groups is 1. The monoisotopic (exact) mass is 330 g/mol. The third kappa shape index (κ3) is 2.98. The molecule has 0 unspecified atom stereocenters. The van der Waals surface area contributed by atoms with E-state index in [1.54, 1.807) is 12.1 Å². The summed E-state index contributed by atoms with van der Waals surface area (Å²) in [5, 5.41) is 15.8. The molecule has 0 saturated heterocycles. The van der Waals surface area contributed by atoms with E-state index in [1.807, 2.05) is 0 Å². The largest absolute Gasteiger partial charge is 0.350 e. The van der Waals surface area contributed by atoms with Crippen LogP contribution in [0.1, 0.15) is 34.3 Å². The summed E-state index contributed by atoms with van der Waals surface area (Å²) < 4.78 is 18.3. The molecule has 0 radical (unpaired) electrons. The minimum Gasteiger partial charge on any atom is -0.350 e. The molecule has 4 rings (SSSR count). The van der Waals surface area contributed by atoms with Crippen molar-refractivity contribution in [2.24, 2.45) is 0 Å². The zero-order valence-electron chi connectivity index (χ0n) is 11.8. The van der Waals surface area contributed by atoms with E-state index >= 15 is 0 Å². The molecular formula is C15H11FN4O2S. The highest BCUT2D eigenvalue weighted by Gasteiger charge is 2.28. The van der Waals surface area contributed by atoms with E-state index in [0.717, 1.165) is 17.8 Å². The van der Waals surface area contributed by atoms with Crippen LogP contribution in [-0.4, -0.2) is 21.3 Å². The lowest BCUT2D eigenvalue weighted by molar-refractivity contribution is 0.0988. The van der Waals surface area contributed by atoms with Crippen molar-refractivity contribution in [2.45, 2.75) is 18.8 Å². The summed E-state index contributed by atoms with van der Waals surface area (Å²) in [6, 6.07) is 7.39. The van der Waals surface area contributed by atoms with Gasteiger partial charge in [0.05, 0.1) is 0 Å². The predicted octanol–water partition coefficient (Wildman–Crippen LogP) is 3.46. The minimum absolute atomic E-state index is 0.0347. The van der Waals surface area contributed by atoms with E-state index in [-0.39, 0.29) is 11.6 Å². The molecule has 0 spiro atoms. The molecule has 2 heterocycles. The summed E-state index contributed by atoms with van der Waals surface area (Å²) in [6.07, 6.45) is 2.25. The van der Waals surface area contributed by atoms with Crippen LogP contribution >= 0.6 is 11.3 Å².